The summed E-state index contributed by atoms with van der Waals surface area (Å²) in [6.07, 6.45) is 0.850. The van der Waals surface area contributed by atoms with E-state index in [9.17, 15) is 0 Å². The van der Waals surface area contributed by atoms with Crippen LogP contribution in [0.4, 0.5) is 0 Å². The van der Waals surface area contributed by atoms with Crippen LogP contribution in [0.1, 0.15) is 13.3 Å². The predicted octanol–water partition coefficient (Wildman–Crippen LogP) is -0.0656. The molecule has 0 unspecified atom stereocenters. The van der Waals surface area contributed by atoms with Gasteiger partial charge in [0.15, 0.2) is 0 Å². The van der Waals surface area contributed by atoms with Gasteiger partial charge in [-0.05, 0) is 11.4 Å². The molecule has 0 amide bonds. The molecule has 0 bridgehead atoms. The van der Waals surface area contributed by atoms with Crippen LogP contribution in [0.5, 0.6) is 0 Å². The summed E-state index contributed by atoms with van der Waals surface area (Å²) in [7, 11) is 1.28. The van der Waals surface area contributed by atoms with E-state index in [2.05, 4.69) is 20.1 Å². The van der Waals surface area contributed by atoms with Gasteiger partial charge in [0, 0.05) is 6.54 Å². The van der Waals surface area contributed by atoms with Gasteiger partial charge in [-0.25, -0.2) is 0 Å². The molecule has 0 rings (SSSR count). The molecular formula is C6H17N4O4+. The minimum atomic E-state index is 0.405. The Morgan fingerprint density at radius 2 is 2.21 bits per heavy atom. The largest absolute Gasteiger partial charge is 0.329 e. The van der Waals surface area contributed by atoms with Gasteiger partial charge < -0.3 is 5.73 Å². The first-order valence-electron chi connectivity index (χ1n) is 4.27. The maximum absolute atomic E-state index is 8.49. The summed E-state index contributed by atoms with van der Waals surface area (Å²) in [4.78, 5) is 13.2. The Balaban J connectivity index is 4.24. The number of hydrazine groups is 1. The third-order valence-electron chi connectivity index (χ3n) is 1.36. The van der Waals surface area contributed by atoms with Crippen LogP contribution in [-0.2, 0) is 14.9 Å². The third kappa shape index (κ3) is 4.80. The zero-order chi connectivity index (χ0) is 10.8. The molecule has 0 spiro atoms. The average Bonchev–Trinajstić information content (AvgIpc) is 2.19. The van der Waals surface area contributed by atoms with Gasteiger partial charge in [0.1, 0.15) is 0 Å². The Morgan fingerprint density at radius 1 is 1.50 bits per heavy atom. The number of rotatable bonds is 8. The van der Waals surface area contributed by atoms with Crippen LogP contribution in [0.2, 0.25) is 0 Å². The molecule has 0 aliphatic rings. The molecule has 0 saturated heterocycles. The fourth-order valence-corrected chi connectivity index (χ4v) is 0.870. The summed E-state index contributed by atoms with van der Waals surface area (Å²) in [6, 6.07) is 0. The van der Waals surface area contributed by atoms with Gasteiger partial charge in [-0.3, -0.25) is 0 Å². The highest BCUT2D eigenvalue weighted by Gasteiger charge is 2.21. The van der Waals surface area contributed by atoms with E-state index in [1.54, 1.807) is 5.01 Å². The van der Waals surface area contributed by atoms with Crippen LogP contribution in [0, 0.1) is 0 Å². The normalized spacial score (nSPS) is 11.3. The van der Waals surface area contributed by atoms with Crippen molar-refractivity contribution in [2.45, 2.75) is 13.3 Å². The summed E-state index contributed by atoms with van der Waals surface area (Å²) in [5, 5.41) is 13.4. The molecule has 8 heteroatoms. The van der Waals surface area contributed by atoms with Crippen LogP contribution >= 0.6 is 0 Å². The highest BCUT2D eigenvalue weighted by atomic mass is 17.3. The number of nitrogens with zero attached hydrogens (tertiary/aromatic N) is 3. The molecule has 0 aliphatic carbocycles. The zero-order valence-electron chi connectivity index (χ0n) is 8.42. The zero-order valence-corrected chi connectivity index (χ0v) is 8.42. The summed E-state index contributed by atoms with van der Waals surface area (Å²) in [5.74, 6) is 0. The Kier molecular flexibility index (Phi) is 7.80. The minimum Gasteiger partial charge on any atom is -0.329 e. The molecule has 84 valence electrons. The Labute approximate surface area is 82.2 Å². The average molecular weight is 209 g/mol. The third-order valence-corrected chi connectivity index (χ3v) is 1.36. The smallest absolute Gasteiger partial charge is 0.312 e. The summed E-state index contributed by atoms with van der Waals surface area (Å²) >= 11 is 0. The molecule has 0 atom stereocenters. The maximum atomic E-state index is 8.49. The van der Waals surface area contributed by atoms with E-state index in [4.69, 9.17) is 11.0 Å². The molecular weight excluding hydrogens is 192 g/mol. The van der Waals surface area contributed by atoms with Gasteiger partial charge in [-0.1, -0.05) is 6.92 Å². The van der Waals surface area contributed by atoms with Crippen molar-refractivity contribution < 1.29 is 25.1 Å². The van der Waals surface area contributed by atoms with E-state index in [0.29, 0.717) is 19.6 Å². The molecule has 0 aromatic heterocycles. The highest BCUT2D eigenvalue weighted by Crippen LogP contribution is 1.95. The SMILES string of the molecule is CCCN(CCN)/[N+](=N/OOC)OO. The van der Waals surface area contributed by atoms with Crippen molar-refractivity contribution in [3.63, 3.8) is 0 Å². The lowest BCUT2D eigenvalue weighted by Gasteiger charge is -2.09. The summed E-state index contributed by atoms with van der Waals surface area (Å²) in [6.45, 7) is 3.47. The van der Waals surface area contributed by atoms with E-state index in [0.717, 1.165) is 11.4 Å². The molecule has 0 aliphatic heterocycles. The van der Waals surface area contributed by atoms with Crippen LogP contribution in [0.3, 0.4) is 0 Å². The first-order valence-corrected chi connectivity index (χ1v) is 4.27. The Bertz CT molecular complexity index is 160. The lowest BCUT2D eigenvalue weighted by Crippen LogP contribution is -2.38. The van der Waals surface area contributed by atoms with Crippen LogP contribution in [0.25, 0.3) is 0 Å². The van der Waals surface area contributed by atoms with Crippen LogP contribution in [-0.4, -0.2) is 42.0 Å². The van der Waals surface area contributed by atoms with Crippen molar-refractivity contribution in [3.8, 4) is 0 Å². The van der Waals surface area contributed by atoms with Gasteiger partial charge in [-0.15, -0.1) is 10.3 Å². The van der Waals surface area contributed by atoms with Crippen molar-refractivity contribution in [2.24, 2.45) is 11.0 Å². The van der Waals surface area contributed by atoms with Crippen molar-refractivity contribution >= 4 is 0 Å². The molecule has 0 aromatic rings. The molecule has 3 N–H and O–H groups in total. The van der Waals surface area contributed by atoms with Crippen molar-refractivity contribution in [3.05, 3.63) is 0 Å². The van der Waals surface area contributed by atoms with E-state index >= 15 is 0 Å². The predicted molar refractivity (Wildman–Crippen MR) is 45.4 cm³/mol. The quantitative estimate of drug-likeness (QED) is 0.252. The van der Waals surface area contributed by atoms with Gasteiger partial charge in [0.05, 0.1) is 20.2 Å². The number of nitrogens with two attached hydrogens (primary N) is 1. The first kappa shape index (κ1) is 12.9. The lowest BCUT2D eigenvalue weighted by atomic mass is 10.4. The maximum Gasteiger partial charge on any atom is 0.312 e. The Hall–Kier alpha value is -1.12. The molecule has 0 heterocycles. The molecule has 8 nitrogen and oxygen atoms in total. The topological polar surface area (TPSA) is 92.6 Å². The van der Waals surface area contributed by atoms with E-state index in [-0.39, 0.29) is 0 Å². The van der Waals surface area contributed by atoms with Gasteiger partial charge in [-0.2, -0.15) is 9.88 Å². The van der Waals surface area contributed by atoms with Crippen molar-refractivity contribution in [1.82, 2.24) is 5.01 Å². The second-order valence-electron chi connectivity index (χ2n) is 2.40. The lowest BCUT2D eigenvalue weighted by molar-refractivity contribution is -1.01. The molecule has 0 aromatic carbocycles. The van der Waals surface area contributed by atoms with E-state index in [1.807, 2.05) is 6.92 Å². The van der Waals surface area contributed by atoms with Gasteiger partial charge >= 0.3 is 10.2 Å². The standard InChI is InChI=1S/C6H16N4O4/c1-3-5-9(6-4-7)10(14-11)8-13-12-2/h3-7H2,1-2H3/p+1/b10-8-. The van der Waals surface area contributed by atoms with Gasteiger partial charge in [0.25, 0.3) is 0 Å². The van der Waals surface area contributed by atoms with Crippen molar-refractivity contribution in [1.29, 1.82) is 0 Å². The van der Waals surface area contributed by atoms with E-state index < -0.39 is 0 Å². The van der Waals surface area contributed by atoms with E-state index in [1.165, 1.54) is 7.11 Å². The Morgan fingerprint density at radius 3 is 2.64 bits per heavy atom. The molecule has 0 saturated carbocycles. The monoisotopic (exact) mass is 209 g/mol. The minimum absolute atomic E-state index is 0.405. The van der Waals surface area contributed by atoms with Crippen LogP contribution < -0.4 is 5.73 Å². The summed E-state index contributed by atoms with van der Waals surface area (Å²) in [5.41, 5.74) is 5.36. The fraction of sp³-hybridized carbons (Fsp3) is 1.00. The fourth-order valence-electron chi connectivity index (χ4n) is 0.870. The number of hydrogen-bond donors (Lipinski definition) is 2. The van der Waals surface area contributed by atoms with Crippen molar-refractivity contribution in [2.75, 3.05) is 26.7 Å². The highest BCUT2D eigenvalue weighted by molar-refractivity contribution is 4.42. The molecule has 0 fully saturated rings. The number of hydrogen-bond acceptors (Lipinski definition) is 6. The second-order valence-corrected chi connectivity index (χ2v) is 2.40. The molecule has 0 radical (unpaired) electrons. The summed E-state index contributed by atoms with van der Waals surface area (Å²) < 4.78 is 0. The first-order chi connectivity index (χ1) is 6.79. The second kappa shape index (κ2) is 8.48. The van der Waals surface area contributed by atoms with Gasteiger partial charge in [0.2, 0.25) is 0 Å². The van der Waals surface area contributed by atoms with Crippen LogP contribution in [0.15, 0.2) is 5.28 Å². The molecule has 14 heavy (non-hydrogen) atoms.